The zero-order chi connectivity index (χ0) is 16.5. The molecule has 0 radical (unpaired) electrons. The Bertz CT molecular complexity index is 650. The van der Waals surface area contributed by atoms with E-state index in [9.17, 15) is 4.79 Å². The molecule has 0 unspecified atom stereocenters. The number of carbonyl (C=O) groups is 1. The zero-order valence-electron chi connectivity index (χ0n) is 13.7. The molecule has 0 bridgehead atoms. The Kier molecular flexibility index (Phi) is 8.68. The molecule has 0 aromatic heterocycles. The van der Waals surface area contributed by atoms with Gasteiger partial charge in [-0.25, -0.2) is 0 Å². The number of nitrogens with two attached hydrogens (primary N) is 1. The van der Waals surface area contributed by atoms with Gasteiger partial charge in [-0.15, -0.1) is 12.4 Å². The van der Waals surface area contributed by atoms with E-state index in [0.29, 0.717) is 43.2 Å². The molecule has 2 aromatic carbocycles. The Morgan fingerprint density at radius 3 is 2.67 bits per heavy atom. The first-order chi connectivity index (χ1) is 11.2. The number of aryl methyl sites for hydroxylation is 1. The fraction of sp³-hybridized carbons (Fsp3) is 0.278. The SMILES string of the molecule is COCCOc1cccc(NC(=O)CCc2ccccc2N)c1.Cl. The van der Waals surface area contributed by atoms with Crippen LogP contribution in [0.1, 0.15) is 12.0 Å². The molecule has 0 spiro atoms. The molecule has 1 amide bonds. The van der Waals surface area contributed by atoms with Gasteiger partial charge in [-0.3, -0.25) is 4.79 Å². The van der Waals surface area contributed by atoms with E-state index in [-0.39, 0.29) is 18.3 Å². The highest BCUT2D eigenvalue weighted by atomic mass is 35.5. The minimum Gasteiger partial charge on any atom is -0.491 e. The van der Waals surface area contributed by atoms with Gasteiger partial charge in [-0.05, 0) is 30.2 Å². The molecule has 2 rings (SSSR count). The molecule has 0 aliphatic heterocycles. The molecule has 5 nitrogen and oxygen atoms in total. The molecule has 0 fully saturated rings. The summed E-state index contributed by atoms with van der Waals surface area (Å²) in [6.45, 7) is 0.996. The van der Waals surface area contributed by atoms with Crippen LogP contribution in [0.4, 0.5) is 11.4 Å². The van der Waals surface area contributed by atoms with Gasteiger partial charge in [0.25, 0.3) is 0 Å². The number of hydrogen-bond acceptors (Lipinski definition) is 4. The Balaban J connectivity index is 0.00000288. The second-order valence-electron chi connectivity index (χ2n) is 5.12. The van der Waals surface area contributed by atoms with Crippen molar-refractivity contribution < 1.29 is 14.3 Å². The van der Waals surface area contributed by atoms with Crippen molar-refractivity contribution >= 4 is 29.7 Å². The van der Waals surface area contributed by atoms with Crippen molar-refractivity contribution in [3.05, 3.63) is 54.1 Å². The predicted molar refractivity (Wildman–Crippen MR) is 98.9 cm³/mol. The molecule has 0 aliphatic rings. The molecule has 0 saturated heterocycles. The third-order valence-electron chi connectivity index (χ3n) is 3.35. The molecule has 2 aromatic rings. The summed E-state index contributed by atoms with van der Waals surface area (Å²) in [5.74, 6) is 0.648. The standard InChI is InChI=1S/C18H22N2O3.ClH/c1-22-11-12-23-16-7-4-6-15(13-16)20-18(21)10-9-14-5-2-3-8-17(14)19;/h2-8,13H,9-12,19H2,1H3,(H,20,21);1H. The Labute approximate surface area is 148 Å². The van der Waals surface area contributed by atoms with Crippen molar-refractivity contribution in [2.45, 2.75) is 12.8 Å². The summed E-state index contributed by atoms with van der Waals surface area (Å²) in [6, 6.07) is 14.9. The molecule has 3 N–H and O–H groups in total. The van der Waals surface area contributed by atoms with E-state index < -0.39 is 0 Å². The lowest BCUT2D eigenvalue weighted by atomic mass is 10.1. The van der Waals surface area contributed by atoms with Crippen LogP contribution >= 0.6 is 12.4 Å². The van der Waals surface area contributed by atoms with E-state index in [1.165, 1.54) is 0 Å². The van der Waals surface area contributed by atoms with Gasteiger partial charge in [0, 0.05) is 31.0 Å². The molecule has 0 heterocycles. The van der Waals surface area contributed by atoms with Gasteiger partial charge in [0.15, 0.2) is 0 Å². The van der Waals surface area contributed by atoms with E-state index in [0.717, 1.165) is 5.56 Å². The van der Waals surface area contributed by atoms with Gasteiger partial charge in [-0.1, -0.05) is 24.3 Å². The van der Waals surface area contributed by atoms with Crippen LogP contribution in [0.3, 0.4) is 0 Å². The third-order valence-corrected chi connectivity index (χ3v) is 3.35. The molecule has 6 heteroatoms. The second kappa shape index (κ2) is 10.5. The number of anilines is 2. The van der Waals surface area contributed by atoms with Crippen molar-refractivity contribution in [3.63, 3.8) is 0 Å². The first-order valence-corrected chi connectivity index (χ1v) is 7.54. The summed E-state index contributed by atoms with van der Waals surface area (Å²) in [4.78, 5) is 12.1. The van der Waals surface area contributed by atoms with Crippen LogP contribution in [0.15, 0.2) is 48.5 Å². The lowest BCUT2D eigenvalue weighted by molar-refractivity contribution is -0.116. The molecule has 24 heavy (non-hydrogen) atoms. The van der Waals surface area contributed by atoms with E-state index >= 15 is 0 Å². The number of halogens is 1. The van der Waals surface area contributed by atoms with Crippen molar-refractivity contribution in [3.8, 4) is 5.75 Å². The largest absolute Gasteiger partial charge is 0.491 e. The molecule has 0 atom stereocenters. The van der Waals surface area contributed by atoms with Crippen molar-refractivity contribution in [1.82, 2.24) is 0 Å². The van der Waals surface area contributed by atoms with E-state index in [1.807, 2.05) is 42.5 Å². The Morgan fingerprint density at radius 2 is 1.92 bits per heavy atom. The normalized spacial score (nSPS) is 9.88. The van der Waals surface area contributed by atoms with Crippen LogP contribution in [-0.2, 0) is 16.0 Å². The summed E-state index contributed by atoms with van der Waals surface area (Å²) >= 11 is 0. The quantitative estimate of drug-likeness (QED) is 0.566. The number of rotatable bonds is 8. The van der Waals surface area contributed by atoms with Gasteiger partial charge in [0.2, 0.25) is 5.91 Å². The molecule has 0 saturated carbocycles. The van der Waals surface area contributed by atoms with Gasteiger partial charge >= 0.3 is 0 Å². The van der Waals surface area contributed by atoms with Gasteiger partial charge in [0.1, 0.15) is 12.4 Å². The fourth-order valence-electron chi connectivity index (χ4n) is 2.14. The Hall–Kier alpha value is -2.24. The van der Waals surface area contributed by atoms with Crippen LogP contribution in [0.25, 0.3) is 0 Å². The van der Waals surface area contributed by atoms with Crippen molar-refractivity contribution in [2.24, 2.45) is 0 Å². The van der Waals surface area contributed by atoms with E-state index in [2.05, 4.69) is 5.32 Å². The number of methoxy groups -OCH3 is 1. The van der Waals surface area contributed by atoms with Crippen LogP contribution in [0, 0.1) is 0 Å². The minimum absolute atomic E-state index is 0. The molecule has 0 aliphatic carbocycles. The third kappa shape index (κ3) is 6.48. The van der Waals surface area contributed by atoms with Crippen LogP contribution < -0.4 is 15.8 Å². The summed E-state index contributed by atoms with van der Waals surface area (Å²) < 4.78 is 10.5. The summed E-state index contributed by atoms with van der Waals surface area (Å²) in [7, 11) is 1.62. The number of nitrogen functional groups attached to an aromatic ring is 1. The minimum atomic E-state index is -0.0534. The monoisotopic (exact) mass is 350 g/mol. The van der Waals surface area contributed by atoms with Crippen molar-refractivity contribution in [1.29, 1.82) is 0 Å². The summed E-state index contributed by atoms with van der Waals surface area (Å²) in [5, 5.41) is 2.87. The number of benzene rings is 2. The van der Waals surface area contributed by atoms with Crippen molar-refractivity contribution in [2.75, 3.05) is 31.4 Å². The number of para-hydroxylation sites is 1. The first-order valence-electron chi connectivity index (χ1n) is 7.54. The molecular formula is C18H23ClN2O3. The molecule has 130 valence electrons. The summed E-state index contributed by atoms with van der Waals surface area (Å²) in [6.07, 6.45) is 0.992. The zero-order valence-corrected chi connectivity index (χ0v) is 14.5. The van der Waals surface area contributed by atoms with Gasteiger partial charge in [0.05, 0.1) is 6.61 Å². The highest BCUT2D eigenvalue weighted by molar-refractivity contribution is 5.91. The van der Waals surface area contributed by atoms with Crippen LogP contribution in [0.5, 0.6) is 5.75 Å². The second-order valence-corrected chi connectivity index (χ2v) is 5.12. The number of nitrogens with one attached hydrogen (secondary N) is 1. The first kappa shape index (κ1) is 19.8. The van der Waals surface area contributed by atoms with Gasteiger partial charge < -0.3 is 20.5 Å². The average Bonchev–Trinajstić information content (AvgIpc) is 2.55. The summed E-state index contributed by atoms with van der Waals surface area (Å²) in [5.41, 5.74) is 8.29. The topological polar surface area (TPSA) is 73.6 Å². The highest BCUT2D eigenvalue weighted by Crippen LogP contribution is 2.18. The molecular weight excluding hydrogens is 328 g/mol. The maximum atomic E-state index is 12.1. The number of hydrogen-bond donors (Lipinski definition) is 2. The number of amides is 1. The lowest BCUT2D eigenvalue weighted by Crippen LogP contribution is -2.13. The van der Waals surface area contributed by atoms with Crippen LogP contribution in [0.2, 0.25) is 0 Å². The smallest absolute Gasteiger partial charge is 0.224 e. The Morgan fingerprint density at radius 1 is 1.12 bits per heavy atom. The van der Waals surface area contributed by atoms with E-state index in [4.69, 9.17) is 15.2 Å². The lowest BCUT2D eigenvalue weighted by Gasteiger charge is -2.09. The maximum absolute atomic E-state index is 12.1. The number of ether oxygens (including phenoxy) is 2. The van der Waals surface area contributed by atoms with E-state index in [1.54, 1.807) is 13.2 Å². The average molecular weight is 351 g/mol. The fourth-order valence-corrected chi connectivity index (χ4v) is 2.14. The maximum Gasteiger partial charge on any atom is 0.224 e. The van der Waals surface area contributed by atoms with Crippen LogP contribution in [-0.4, -0.2) is 26.2 Å². The number of carbonyl (C=O) groups excluding carboxylic acids is 1. The predicted octanol–water partition coefficient (Wildman–Crippen LogP) is 3.29. The van der Waals surface area contributed by atoms with Gasteiger partial charge in [-0.2, -0.15) is 0 Å². The highest BCUT2D eigenvalue weighted by Gasteiger charge is 2.06.